The molecule has 0 aliphatic heterocycles. The number of para-hydroxylation sites is 1. The highest BCUT2D eigenvalue weighted by Crippen LogP contribution is 2.19. The van der Waals surface area contributed by atoms with E-state index in [-0.39, 0.29) is 11.7 Å². The van der Waals surface area contributed by atoms with Gasteiger partial charge in [0.25, 0.3) is 0 Å². The fourth-order valence-electron chi connectivity index (χ4n) is 2.17. The Balaban J connectivity index is 2.31. The Labute approximate surface area is 118 Å². The molecule has 0 aliphatic rings. The van der Waals surface area contributed by atoms with Crippen molar-refractivity contribution in [1.82, 2.24) is 0 Å². The van der Waals surface area contributed by atoms with E-state index in [2.05, 4.69) is 11.8 Å². The average molecular weight is 271 g/mol. The van der Waals surface area contributed by atoms with Crippen LogP contribution >= 0.6 is 0 Å². The largest absolute Gasteiger partial charge is 0.384 e. The van der Waals surface area contributed by atoms with E-state index in [0.29, 0.717) is 12.1 Å². The summed E-state index contributed by atoms with van der Waals surface area (Å²) in [7, 11) is 0. The third-order valence-corrected chi connectivity index (χ3v) is 3.23. The number of hydrogen-bond donors (Lipinski definition) is 2. The van der Waals surface area contributed by atoms with Crippen LogP contribution in [0.15, 0.2) is 48.5 Å². The van der Waals surface area contributed by atoms with Gasteiger partial charge in [0.1, 0.15) is 11.7 Å². The first-order valence-electron chi connectivity index (χ1n) is 6.54. The summed E-state index contributed by atoms with van der Waals surface area (Å²) >= 11 is 0. The zero-order valence-electron chi connectivity index (χ0n) is 11.4. The van der Waals surface area contributed by atoms with E-state index >= 15 is 0 Å². The third-order valence-electron chi connectivity index (χ3n) is 3.23. The summed E-state index contributed by atoms with van der Waals surface area (Å²) in [4.78, 5) is 2.15. The molecule has 20 heavy (non-hydrogen) atoms. The van der Waals surface area contributed by atoms with Crippen molar-refractivity contribution in [1.29, 1.82) is 5.41 Å². The lowest BCUT2D eigenvalue weighted by Gasteiger charge is -2.24. The van der Waals surface area contributed by atoms with Gasteiger partial charge >= 0.3 is 0 Å². The second-order valence-electron chi connectivity index (χ2n) is 4.56. The van der Waals surface area contributed by atoms with E-state index in [1.54, 1.807) is 6.07 Å². The minimum absolute atomic E-state index is 0.108. The monoisotopic (exact) mass is 271 g/mol. The van der Waals surface area contributed by atoms with Gasteiger partial charge in [-0.1, -0.05) is 24.3 Å². The van der Waals surface area contributed by atoms with Crippen LogP contribution in [0.5, 0.6) is 0 Å². The van der Waals surface area contributed by atoms with Gasteiger partial charge in [0.15, 0.2) is 0 Å². The molecule has 2 aromatic rings. The highest BCUT2D eigenvalue weighted by atomic mass is 19.1. The van der Waals surface area contributed by atoms with Crippen molar-refractivity contribution in [2.75, 3.05) is 11.4 Å². The predicted molar refractivity (Wildman–Crippen MR) is 80.6 cm³/mol. The molecule has 0 amide bonds. The Morgan fingerprint density at radius 1 is 1.20 bits per heavy atom. The fourth-order valence-corrected chi connectivity index (χ4v) is 2.17. The molecular weight excluding hydrogens is 253 g/mol. The number of nitrogens with zero attached hydrogens (tertiary/aromatic N) is 1. The Hall–Kier alpha value is -2.36. The van der Waals surface area contributed by atoms with Crippen LogP contribution in [0, 0.1) is 11.2 Å². The van der Waals surface area contributed by atoms with Crippen LogP contribution in [-0.2, 0) is 6.54 Å². The van der Waals surface area contributed by atoms with E-state index in [1.165, 1.54) is 12.1 Å². The third kappa shape index (κ3) is 3.15. The average Bonchev–Trinajstić information content (AvgIpc) is 2.46. The molecule has 0 radical (unpaired) electrons. The highest BCUT2D eigenvalue weighted by molar-refractivity contribution is 5.96. The zero-order valence-corrected chi connectivity index (χ0v) is 11.4. The summed E-state index contributed by atoms with van der Waals surface area (Å²) in [6.07, 6.45) is 0. The maximum atomic E-state index is 13.3. The van der Waals surface area contributed by atoms with Crippen LogP contribution < -0.4 is 10.6 Å². The molecule has 0 saturated carbocycles. The van der Waals surface area contributed by atoms with Gasteiger partial charge in [-0.3, -0.25) is 5.41 Å². The van der Waals surface area contributed by atoms with E-state index in [9.17, 15) is 4.39 Å². The first kappa shape index (κ1) is 14.1. The molecule has 0 aliphatic carbocycles. The number of nitrogens with one attached hydrogen (secondary N) is 1. The molecule has 0 bridgehead atoms. The first-order valence-corrected chi connectivity index (χ1v) is 6.54. The highest BCUT2D eigenvalue weighted by Gasteiger charge is 2.11. The van der Waals surface area contributed by atoms with Gasteiger partial charge in [-0.15, -0.1) is 0 Å². The quantitative estimate of drug-likeness (QED) is 0.648. The molecule has 3 nitrogen and oxygen atoms in total. The summed E-state index contributed by atoms with van der Waals surface area (Å²) in [6, 6.07) is 14.4. The van der Waals surface area contributed by atoms with E-state index < -0.39 is 0 Å². The molecule has 2 aromatic carbocycles. The molecule has 0 spiro atoms. The Bertz CT molecular complexity index is 596. The molecule has 0 aromatic heterocycles. The lowest BCUT2D eigenvalue weighted by atomic mass is 10.1. The fraction of sp³-hybridized carbons (Fsp3) is 0.188. The maximum absolute atomic E-state index is 13.3. The van der Waals surface area contributed by atoms with Gasteiger partial charge < -0.3 is 10.6 Å². The number of hydrogen-bond acceptors (Lipinski definition) is 2. The molecule has 2 rings (SSSR count). The molecule has 3 N–H and O–H groups in total. The van der Waals surface area contributed by atoms with Crippen LogP contribution in [0.4, 0.5) is 10.1 Å². The second kappa shape index (κ2) is 6.19. The van der Waals surface area contributed by atoms with Crippen molar-refractivity contribution in [2.24, 2.45) is 5.73 Å². The maximum Gasteiger partial charge on any atom is 0.123 e. The molecule has 104 valence electrons. The van der Waals surface area contributed by atoms with Gasteiger partial charge in [-0.2, -0.15) is 0 Å². The number of anilines is 1. The van der Waals surface area contributed by atoms with Crippen LogP contribution in [0.3, 0.4) is 0 Å². The van der Waals surface area contributed by atoms with E-state index in [0.717, 1.165) is 17.8 Å². The molecule has 0 atom stereocenters. The smallest absolute Gasteiger partial charge is 0.123 e. The van der Waals surface area contributed by atoms with Crippen molar-refractivity contribution in [3.63, 3.8) is 0 Å². The van der Waals surface area contributed by atoms with Crippen LogP contribution in [0.1, 0.15) is 18.1 Å². The number of nitrogen functional groups attached to an aromatic ring is 1. The summed E-state index contributed by atoms with van der Waals surface area (Å²) in [5, 5.41) is 7.57. The SMILES string of the molecule is CCN(Cc1ccc(F)cc1C(=N)N)c1ccccc1. The number of nitrogens with two attached hydrogens (primary N) is 1. The summed E-state index contributed by atoms with van der Waals surface area (Å²) in [6.45, 7) is 3.47. The zero-order chi connectivity index (χ0) is 14.5. The first-order chi connectivity index (χ1) is 9.61. The van der Waals surface area contributed by atoms with Crippen molar-refractivity contribution in [3.8, 4) is 0 Å². The molecule has 4 heteroatoms. The van der Waals surface area contributed by atoms with Crippen molar-refractivity contribution < 1.29 is 4.39 Å². The van der Waals surface area contributed by atoms with Crippen LogP contribution in [0.2, 0.25) is 0 Å². The summed E-state index contributed by atoms with van der Waals surface area (Å²) < 4.78 is 13.3. The minimum atomic E-state index is -0.373. The van der Waals surface area contributed by atoms with Gasteiger partial charge in [-0.25, -0.2) is 4.39 Å². The molecule has 0 fully saturated rings. The number of halogens is 1. The lowest BCUT2D eigenvalue weighted by Crippen LogP contribution is -2.24. The topological polar surface area (TPSA) is 53.1 Å². The van der Waals surface area contributed by atoms with Crippen molar-refractivity contribution in [2.45, 2.75) is 13.5 Å². The normalized spacial score (nSPS) is 10.3. The Morgan fingerprint density at radius 2 is 1.90 bits per heavy atom. The van der Waals surface area contributed by atoms with Crippen LogP contribution in [0.25, 0.3) is 0 Å². The molecule has 0 saturated heterocycles. The van der Waals surface area contributed by atoms with E-state index in [4.69, 9.17) is 11.1 Å². The van der Waals surface area contributed by atoms with Gasteiger partial charge in [-0.05, 0) is 36.8 Å². The number of rotatable bonds is 5. The Kier molecular flexibility index (Phi) is 4.35. The minimum Gasteiger partial charge on any atom is -0.384 e. The lowest BCUT2D eigenvalue weighted by molar-refractivity contribution is 0.626. The Morgan fingerprint density at radius 3 is 2.50 bits per heavy atom. The summed E-state index contributed by atoms with van der Waals surface area (Å²) in [5.41, 5.74) is 7.94. The predicted octanol–water partition coefficient (Wildman–Crippen LogP) is 3.14. The van der Waals surface area contributed by atoms with Gasteiger partial charge in [0.05, 0.1) is 0 Å². The number of amidine groups is 1. The summed E-state index contributed by atoms with van der Waals surface area (Å²) in [5.74, 6) is -0.481. The van der Waals surface area contributed by atoms with Crippen molar-refractivity contribution in [3.05, 3.63) is 65.5 Å². The van der Waals surface area contributed by atoms with Crippen LogP contribution in [-0.4, -0.2) is 12.4 Å². The molecule has 0 unspecified atom stereocenters. The standard InChI is InChI=1S/C16H18FN3/c1-2-20(14-6-4-3-5-7-14)11-12-8-9-13(17)10-15(12)16(18)19/h3-10H,2,11H2,1H3,(H3,18,19). The molecular formula is C16H18FN3. The van der Waals surface area contributed by atoms with Gasteiger partial charge in [0.2, 0.25) is 0 Å². The second-order valence-corrected chi connectivity index (χ2v) is 4.56. The van der Waals surface area contributed by atoms with Gasteiger partial charge in [0, 0.05) is 24.3 Å². The van der Waals surface area contributed by atoms with E-state index in [1.807, 2.05) is 30.3 Å². The molecule has 0 heterocycles. The number of benzene rings is 2. The van der Waals surface area contributed by atoms with Crippen molar-refractivity contribution >= 4 is 11.5 Å².